The highest BCUT2D eigenvalue weighted by atomic mass is 35.5. The van der Waals surface area contributed by atoms with Gasteiger partial charge in [-0.05, 0) is 55.0 Å². The number of nitrogens with zero attached hydrogens (tertiary/aromatic N) is 4. The number of halogens is 3. The van der Waals surface area contributed by atoms with Crippen molar-refractivity contribution in [1.82, 2.24) is 19.5 Å². The topological polar surface area (TPSA) is 69.6 Å². The molecule has 3 heterocycles. The smallest absolute Gasteiger partial charge is 0.145 e. The molecular weight excluding hydrogens is 436 g/mol. The molecule has 0 amide bonds. The van der Waals surface area contributed by atoms with Crippen molar-refractivity contribution < 1.29 is 4.39 Å². The summed E-state index contributed by atoms with van der Waals surface area (Å²) in [5.74, 6) is 0.310. The van der Waals surface area contributed by atoms with Gasteiger partial charge < -0.3 is 10.3 Å². The molecule has 0 fully saturated rings. The van der Waals surface area contributed by atoms with E-state index >= 15 is 0 Å². The fourth-order valence-electron chi connectivity index (χ4n) is 4.43. The minimum Gasteiger partial charge on any atom is -0.382 e. The molecule has 2 unspecified atom stereocenters. The van der Waals surface area contributed by atoms with Crippen molar-refractivity contribution in [3.8, 4) is 0 Å². The van der Waals surface area contributed by atoms with Gasteiger partial charge in [-0.15, -0.1) is 0 Å². The number of aromatic nitrogens is 4. The first-order valence-corrected chi connectivity index (χ1v) is 10.9. The summed E-state index contributed by atoms with van der Waals surface area (Å²) < 4.78 is 16.7. The van der Waals surface area contributed by atoms with Gasteiger partial charge in [-0.3, -0.25) is 0 Å². The van der Waals surface area contributed by atoms with Crippen LogP contribution in [0.1, 0.15) is 31.4 Å². The zero-order valence-electron chi connectivity index (χ0n) is 16.8. The van der Waals surface area contributed by atoms with Crippen molar-refractivity contribution in [2.45, 2.75) is 32.2 Å². The van der Waals surface area contributed by atoms with Crippen molar-refractivity contribution in [1.29, 1.82) is 0 Å². The molecule has 0 saturated carbocycles. The van der Waals surface area contributed by atoms with Crippen LogP contribution in [0, 0.1) is 11.7 Å². The number of fused-ring (bicyclic) bond motifs is 2. The van der Waals surface area contributed by atoms with Crippen molar-refractivity contribution in [2.24, 2.45) is 5.92 Å². The lowest BCUT2D eigenvalue weighted by Crippen LogP contribution is -2.05. The van der Waals surface area contributed by atoms with E-state index in [0.717, 1.165) is 35.9 Å². The Morgan fingerprint density at radius 2 is 2.00 bits per heavy atom. The number of benzene rings is 1. The predicted molar refractivity (Wildman–Crippen MR) is 123 cm³/mol. The van der Waals surface area contributed by atoms with Gasteiger partial charge >= 0.3 is 0 Å². The SMILES string of the molecule is CC1CC(n2ccc3c(Cl)ncnc32)C=C1CCc1cc(F)c2cc(Cl)c(N)nc2c1. The molecule has 158 valence electrons. The van der Waals surface area contributed by atoms with Gasteiger partial charge in [-0.2, -0.15) is 0 Å². The van der Waals surface area contributed by atoms with Crippen LogP contribution >= 0.6 is 23.2 Å². The Hall–Kier alpha value is -2.70. The Bertz CT molecular complexity index is 1350. The highest BCUT2D eigenvalue weighted by Gasteiger charge is 2.25. The molecule has 8 heteroatoms. The normalized spacial score (nSPS) is 18.8. The molecule has 4 aromatic rings. The number of allylic oxidation sites excluding steroid dienone is 2. The number of rotatable bonds is 4. The Balaban J connectivity index is 1.39. The summed E-state index contributed by atoms with van der Waals surface area (Å²) in [6.07, 6.45) is 8.37. The van der Waals surface area contributed by atoms with Crippen molar-refractivity contribution >= 4 is 51.0 Å². The summed E-state index contributed by atoms with van der Waals surface area (Å²) in [5.41, 5.74) is 9.41. The van der Waals surface area contributed by atoms with Crippen molar-refractivity contribution in [3.05, 3.63) is 70.0 Å². The number of anilines is 1. The number of hydrogen-bond acceptors (Lipinski definition) is 4. The number of nitrogens with two attached hydrogens (primary N) is 1. The van der Waals surface area contributed by atoms with Gasteiger partial charge in [0.15, 0.2) is 0 Å². The van der Waals surface area contributed by atoms with E-state index in [0.29, 0.717) is 22.0 Å². The maximum atomic E-state index is 14.6. The Kier molecular flexibility index (Phi) is 5.07. The van der Waals surface area contributed by atoms with Crippen LogP contribution in [-0.2, 0) is 6.42 Å². The standard InChI is InChI=1S/C23H20Cl2FN5/c1-12-6-15(31-5-4-16-21(25)28-11-29-23(16)31)9-14(12)3-2-13-7-19(26)17-10-18(24)22(27)30-20(17)8-13/h4-5,7-12,15H,2-3,6H2,1H3,(H2,27,30). The highest BCUT2D eigenvalue weighted by Crippen LogP contribution is 2.38. The van der Waals surface area contributed by atoms with Crippen LogP contribution in [0.2, 0.25) is 10.2 Å². The first-order chi connectivity index (χ1) is 14.9. The van der Waals surface area contributed by atoms with E-state index in [4.69, 9.17) is 28.9 Å². The minimum absolute atomic E-state index is 0.212. The van der Waals surface area contributed by atoms with E-state index in [1.165, 1.54) is 18.0 Å². The summed E-state index contributed by atoms with van der Waals surface area (Å²) >= 11 is 12.2. The fraction of sp³-hybridized carbons (Fsp3) is 0.261. The van der Waals surface area contributed by atoms with Crippen molar-refractivity contribution in [2.75, 3.05) is 5.73 Å². The van der Waals surface area contributed by atoms with E-state index in [-0.39, 0.29) is 22.7 Å². The predicted octanol–water partition coefficient (Wildman–Crippen LogP) is 6.15. The summed E-state index contributed by atoms with van der Waals surface area (Å²) in [4.78, 5) is 12.7. The lowest BCUT2D eigenvalue weighted by atomic mass is 9.96. The van der Waals surface area contributed by atoms with Gasteiger partial charge in [0, 0.05) is 11.6 Å². The Morgan fingerprint density at radius 1 is 1.16 bits per heavy atom. The molecule has 2 atom stereocenters. The lowest BCUT2D eigenvalue weighted by molar-refractivity contribution is 0.525. The third kappa shape index (κ3) is 3.64. The third-order valence-corrected chi connectivity index (χ3v) is 6.68. The van der Waals surface area contributed by atoms with Gasteiger partial charge in [0.1, 0.15) is 28.8 Å². The molecular formula is C23H20Cl2FN5. The van der Waals surface area contributed by atoms with Crippen molar-refractivity contribution in [3.63, 3.8) is 0 Å². The summed E-state index contributed by atoms with van der Waals surface area (Å²) in [6.45, 7) is 2.23. The summed E-state index contributed by atoms with van der Waals surface area (Å²) in [7, 11) is 0. The first kappa shape index (κ1) is 20.2. The van der Waals surface area contributed by atoms with E-state index in [9.17, 15) is 4.39 Å². The third-order valence-electron chi connectivity index (χ3n) is 6.08. The van der Waals surface area contributed by atoms with Gasteiger partial charge in [0.25, 0.3) is 0 Å². The van der Waals surface area contributed by atoms with E-state index in [2.05, 4.69) is 32.5 Å². The molecule has 0 spiro atoms. The molecule has 3 aromatic heterocycles. The maximum Gasteiger partial charge on any atom is 0.145 e. The largest absolute Gasteiger partial charge is 0.382 e. The number of pyridine rings is 1. The molecule has 2 N–H and O–H groups in total. The first-order valence-electron chi connectivity index (χ1n) is 10.1. The number of nitrogen functional groups attached to an aromatic ring is 1. The monoisotopic (exact) mass is 455 g/mol. The second-order valence-corrected chi connectivity index (χ2v) is 8.84. The van der Waals surface area contributed by atoms with Gasteiger partial charge in [-0.1, -0.05) is 41.8 Å². The maximum absolute atomic E-state index is 14.6. The second-order valence-electron chi connectivity index (χ2n) is 8.07. The van der Waals surface area contributed by atoms with E-state index in [1.54, 1.807) is 6.07 Å². The minimum atomic E-state index is -0.330. The van der Waals surface area contributed by atoms with Gasteiger partial charge in [-0.25, -0.2) is 19.3 Å². The van der Waals surface area contributed by atoms with Crippen LogP contribution < -0.4 is 5.73 Å². The second kappa shape index (κ2) is 7.77. The van der Waals surface area contributed by atoms with Crippen LogP contribution in [0.3, 0.4) is 0 Å². The molecule has 5 nitrogen and oxygen atoms in total. The Labute approximate surface area is 188 Å². The fourth-order valence-corrected chi connectivity index (χ4v) is 4.78. The summed E-state index contributed by atoms with van der Waals surface area (Å²) in [6, 6.07) is 7.15. The number of aryl methyl sites for hydroxylation is 1. The molecule has 1 aliphatic carbocycles. The Morgan fingerprint density at radius 3 is 2.84 bits per heavy atom. The van der Waals surface area contributed by atoms with E-state index in [1.807, 2.05) is 18.3 Å². The average Bonchev–Trinajstić information content (AvgIpc) is 3.32. The van der Waals surface area contributed by atoms with Crippen LogP contribution in [0.4, 0.5) is 10.2 Å². The quantitative estimate of drug-likeness (QED) is 0.296. The average molecular weight is 456 g/mol. The lowest BCUT2D eigenvalue weighted by Gasteiger charge is -2.13. The van der Waals surface area contributed by atoms with Crippen LogP contribution in [0.5, 0.6) is 0 Å². The molecule has 5 rings (SSSR count). The molecule has 0 saturated heterocycles. The van der Waals surface area contributed by atoms with Gasteiger partial charge in [0.05, 0.1) is 22.0 Å². The molecule has 31 heavy (non-hydrogen) atoms. The summed E-state index contributed by atoms with van der Waals surface area (Å²) in [5, 5.41) is 1.97. The van der Waals surface area contributed by atoms with Crippen LogP contribution in [-0.4, -0.2) is 19.5 Å². The number of hydrogen-bond donors (Lipinski definition) is 1. The van der Waals surface area contributed by atoms with Crippen LogP contribution in [0.15, 0.2) is 48.4 Å². The van der Waals surface area contributed by atoms with E-state index < -0.39 is 0 Å². The van der Waals surface area contributed by atoms with Gasteiger partial charge in [0.2, 0.25) is 0 Å². The van der Waals surface area contributed by atoms with Crippen LogP contribution in [0.25, 0.3) is 21.9 Å². The zero-order valence-corrected chi connectivity index (χ0v) is 18.3. The highest BCUT2D eigenvalue weighted by molar-refractivity contribution is 6.34. The molecule has 0 radical (unpaired) electrons. The molecule has 1 aromatic carbocycles. The molecule has 0 bridgehead atoms. The molecule has 0 aliphatic heterocycles. The molecule has 1 aliphatic rings. The zero-order chi connectivity index (χ0) is 21.7.